The second-order valence-corrected chi connectivity index (χ2v) is 9.81. The molecule has 0 saturated carbocycles. The topological polar surface area (TPSA) is 139 Å². The molecule has 2 aromatic heterocycles. The zero-order valence-corrected chi connectivity index (χ0v) is 21.9. The Morgan fingerprint density at radius 2 is 1.84 bits per heavy atom. The number of aromatic nitrogens is 3. The van der Waals surface area contributed by atoms with Crippen LogP contribution in [0.2, 0.25) is 0 Å². The Balaban J connectivity index is 1.56. The van der Waals surface area contributed by atoms with E-state index in [-0.39, 0.29) is 17.8 Å². The number of nitrogens with zero attached hydrogens (tertiary/aromatic N) is 3. The molecule has 0 aliphatic heterocycles. The molecule has 3 N–H and O–H groups in total. The van der Waals surface area contributed by atoms with Crippen LogP contribution in [0.4, 0.5) is 5.69 Å². The Morgan fingerprint density at radius 1 is 1.11 bits per heavy atom. The average molecular weight is 542 g/mol. The molecule has 0 aliphatic carbocycles. The van der Waals surface area contributed by atoms with E-state index in [9.17, 15) is 9.00 Å². The molecule has 37 heavy (non-hydrogen) atoms. The monoisotopic (exact) mass is 541 g/mol. The summed E-state index contributed by atoms with van der Waals surface area (Å²) in [6, 6.07) is 16.5. The average Bonchev–Trinajstić information content (AvgIpc) is 3.56. The van der Waals surface area contributed by atoms with Crippen LogP contribution < -0.4 is 10.8 Å². The Morgan fingerprint density at radius 3 is 2.46 bits per heavy atom. The lowest BCUT2D eigenvalue weighted by Crippen LogP contribution is -2.35. The first-order chi connectivity index (χ1) is 17.9. The zero-order valence-electron chi connectivity index (χ0n) is 20.3. The van der Waals surface area contributed by atoms with Gasteiger partial charge in [0.1, 0.15) is 10.9 Å². The molecule has 4 rings (SSSR count). The summed E-state index contributed by atoms with van der Waals surface area (Å²) in [5.41, 5.74) is 5.79. The number of anilines is 1. The largest absolute Gasteiger partial charge is 0.346 e. The van der Waals surface area contributed by atoms with E-state index in [1.165, 1.54) is 11.3 Å². The van der Waals surface area contributed by atoms with Gasteiger partial charge >= 0.3 is 11.4 Å². The van der Waals surface area contributed by atoms with E-state index in [0.29, 0.717) is 24.4 Å². The number of benzene rings is 2. The fourth-order valence-corrected chi connectivity index (χ4v) is 4.86. The van der Waals surface area contributed by atoms with E-state index in [0.717, 1.165) is 28.2 Å². The molecular formula is C25H27N5O5S2. The SMILES string of the molecule is CCc1csc([C@H](Cc2ccc(NOS(=O)O)cc2)NC(=O)C(Cc2ccccc2)c2nc(C)no2)n1. The second kappa shape index (κ2) is 12.7. The summed E-state index contributed by atoms with van der Waals surface area (Å²) in [5.74, 6) is -0.169. The van der Waals surface area contributed by atoms with Crippen LogP contribution in [0.5, 0.6) is 0 Å². The molecule has 0 aliphatic rings. The molecule has 194 valence electrons. The highest BCUT2D eigenvalue weighted by atomic mass is 32.2. The number of carbonyl (C=O) groups is 1. The fraction of sp³-hybridized carbons (Fsp3) is 0.280. The zero-order chi connectivity index (χ0) is 26.2. The van der Waals surface area contributed by atoms with E-state index in [4.69, 9.17) is 14.1 Å². The minimum atomic E-state index is -2.43. The summed E-state index contributed by atoms with van der Waals surface area (Å²) in [7, 11) is 0. The smallest absolute Gasteiger partial charge is 0.324 e. The fourth-order valence-electron chi connectivity index (χ4n) is 3.74. The molecule has 0 saturated heterocycles. The minimum Gasteiger partial charge on any atom is -0.346 e. The van der Waals surface area contributed by atoms with Gasteiger partial charge in [0, 0.05) is 5.38 Å². The lowest BCUT2D eigenvalue weighted by molar-refractivity contribution is -0.123. The van der Waals surface area contributed by atoms with Crippen molar-refractivity contribution in [1.29, 1.82) is 0 Å². The van der Waals surface area contributed by atoms with Gasteiger partial charge in [-0.2, -0.15) is 9.19 Å². The highest BCUT2D eigenvalue weighted by molar-refractivity contribution is 7.74. The Hall–Kier alpha value is -3.45. The van der Waals surface area contributed by atoms with Crippen LogP contribution in [-0.4, -0.2) is 29.8 Å². The maximum atomic E-state index is 13.7. The third-order valence-electron chi connectivity index (χ3n) is 5.61. The first kappa shape index (κ1) is 26.6. The lowest BCUT2D eigenvalue weighted by Gasteiger charge is -2.20. The molecular weight excluding hydrogens is 514 g/mol. The van der Waals surface area contributed by atoms with Crippen molar-refractivity contribution >= 4 is 34.3 Å². The van der Waals surface area contributed by atoms with Gasteiger partial charge in [-0.3, -0.25) is 9.35 Å². The summed E-state index contributed by atoms with van der Waals surface area (Å²) in [4.78, 5) is 22.7. The van der Waals surface area contributed by atoms with E-state index in [1.54, 1.807) is 19.1 Å². The van der Waals surface area contributed by atoms with Crippen molar-refractivity contribution in [3.05, 3.63) is 93.5 Å². The number of nitrogens with one attached hydrogen (secondary N) is 2. The molecule has 2 aromatic carbocycles. The van der Waals surface area contributed by atoms with Gasteiger partial charge in [-0.1, -0.05) is 54.5 Å². The van der Waals surface area contributed by atoms with Crippen molar-refractivity contribution in [2.45, 2.75) is 45.1 Å². The van der Waals surface area contributed by atoms with Crippen LogP contribution in [0.15, 0.2) is 64.5 Å². The summed E-state index contributed by atoms with van der Waals surface area (Å²) in [5, 5.41) is 9.85. The van der Waals surface area contributed by atoms with Crippen molar-refractivity contribution < 1.29 is 22.4 Å². The van der Waals surface area contributed by atoms with Gasteiger partial charge in [-0.25, -0.2) is 10.5 Å². The Bertz CT molecular complexity index is 1330. The lowest BCUT2D eigenvalue weighted by atomic mass is 9.97. The molecule has 0 spiro atoms. The predicted octanol–water partition coefficient (Wildman–Crippen LogP) is 4.30. The summed E-state index contributed by atoms with van der Waals surface area (Å²) >= 11 is -0.925. The number of thiazole rings is 1. The van der Waals surface area contributed by atoms with Crippen molar-refractivity contribution in [2.75, 3.05) is 5.48 Å². The van der Waals surface area contributed by atoms with Crippen molar-refractivity contribution in [2.24, 2.45) is 0 Å². The molecule has 3 atom stereocenters. The number of hydrogen-bond donors (Lipinski definition) is 3. The van der Waals surface area contributed by atoms with Crippen LogP contribution in [0, 0.1) is 6.92 Å². The highest BCUT2D eigenvalue weighted by Gasteiger charge is 2.30. The quantitative estimate of drug-likeness (QED) is 0.177. The van der Waals surface area contributed by atoms with Gasteiger partial charge in [-0.05, 0) is 49.4 Å². The predicted molar refractivity (Wildman–Crippen MR) is 140 cm³/mol. The van der Waals surface area contributed by atoms with Gasteiger partial charge in [-0.15, -0.1) is 15.6 Å². The summed E-state index contributed by atoms with van der Waals surface area (Å²) in [6.07, 6.45) is 1.68. The maximum absolute atomic E-state index is 13.7. The molecule has 0 radical (unpaired) electrons. The number of aryl methyl sites for hydroxylation is 2. The normalized spacial score (nSPS) is 13.6. The van der Waals surface area contributed by atoms with E-state index >= 15 is 0 Å². The minimum absolute atomic E-state index is 0.233. The van der Waals surface area contributed by atoms with E-state index in [1.807, 2.05) is 54.8 Å². The van der Waals surface area contributed by atoms with Crippen molar-refractivity contribution in [3.8, 4) is 0 Å². The van der Waals surface area contributed by atoms with Crippen LogP contribution in [0.3, 0.4) is 0 Å². The second-order valence-electron chi connectivity index (χ2n) is 8.32. The first-order valence-electron chi connectivity index (χ1n) is 11.6. The van der Waals surface area contributed by atoms with Crippen molar-refractivity contribution in [3.63, 3.8) is 0 Å². The van der Waals surface area contributed by atoms with Crippen LogP contribution in [-0.2, 0) is 39.7 Å². The molecule has 10 nitrogen and oxygen atoms in total. The summed E-state index contributed by atoms with van der Waals surface area (Å²) < 4.78 is 29.4. The van der Waals surface area contributed by atoms with Crippen molar-refractivity contribution in [1.82, 2.24) is 20.4 Å². The van der Waals surface area contributed by atoms with Gasteiger partial charge in [0.05, 0.1) is 17.4 Å². The van der Waals surface area contributed by atoms with Crippen LogP contribution >= 0.6 is 11.3 Å². The number of hydrogen-bond acceptors (Lipinski definition) is 9. The Labute approximate surface area is 220 Å². The molecule has 0 bridgehead atoms. The van der Waals surface area contributed by atoms with Gasteiger partial charge in [0.2, 0.25) is 11.8 Å². The van der Waals surface area contributed by atoms with Gasteiger partial charge in [0.15, 0.2) is 5.82 Å². The molecule has 2 heterocycles. The molecule has 12 heteroatoms. The van der Waals surface area contributed by atoms with Crippen LogP contribution in [0.25, 0.3) is 0 Å². The molecule has 2 unspecified atom stereocenters. The number of carbonyl (C=O) groups excluding carboxylic acids is 1. The number of amides is 1. The van der Waals surface area contributed by atoms with E-state index < -0.39 is 17.3 Å². The van der Waals surface area contributed by atoms with E-state index in [2.05, 4.69) is 25.2 Å². The Kier molecular flexibility index (Phi) is 9.12. The van der Waals surface area contributed by atoms with Gasteiger partial charge in [0.25, 0.3) is 0 Å². The third kappa shape index (κ3) is 7.52. The molecule has 1 amide bonds. The first-order valence-corrected chi connectivity index (χ1v) is 13.5. The maximum Gasteiger partial charge on any atom is 0.324 e. The highest BCUT2D eigenvalue weighted by Crippen LogP contribution is 2.26. The molecule has 4 aromatic rings. The van der Waals surface area contributed by atoms with Crippen LogP contribution in [0.1, 0.15) is 52.4 Å². The standard InChI is InChI=1S/C25H27N5O5S2/c1-3-19-15-36-25(27-19)22(14-18-9-11-20(12-10-18)30-35-37(32)33)28-23(31)21(24-26-16(2)29-34-24)13-17-7-5-4-6-8-17/h4-12,15,21-22,30H,3,13-14H2,1-2H3,(H,28,31)(H,32,33)/t21?,22-/m0/s1. The molecule has 0 fully saturated rings. The summed E-state index contributed by atoms with van der Waals surface area (Å²) in [6.45, 7) is 3.75. The van der Waals surface area contributed by atoms with Gasteiger partial charge < -0.3 is 9.84 Å². The number of rotatable bonds is 12. The third-order valence-corrected chi connectivity index (χ3v) is 6.84.